The first-order valence-corrected chi connectivity index (χ1v) is 10.3. The molecule has 148 valence electrons. The Morgan fingerprint density at radius 1 is 1.00 bits per heavy atom. The summed E-state index contributed by atoms with van der Waals surface area (Å²) in [7, 11) is -3.49. The Balaban J connectivity index is 1.71. The van der Waals surface area contributed by atoms with Crippen LogP contribution in [0.1, 0.15) is 21.5 Å². The molecule has 0 aromatic heterocycles. The highest BCUT2D eigenvalue weighted by Crippen LogP contribution is 2.20. The Bertz CT molecular complexity index is 1150. The number of hydrogen-bond acceptors (Lipinski definition) is 5. The number of hydrogen-bond donors (Lipinski definition) is 1. The van der Waals surface area contributed by atoms with Crippen molar-refractivity contribution in [3.63, 3.8) is 0 Å². The van der Waals surface area contributed by atoms with E-state index in [1.807, 2.05) is 6.92 Å². The summed E-state index contributed by atoms with van der Waals surface area (Å²) in [5, 5.41) is 13.4. The molecule has 0 saturated carbocycles. The Labute approximate surface area is 168 Å². The monoisotopic (exact) mass is 410 g/mol. The highest BCUT2D eigenvalue weighted by atomic mass is 32.2. The van der Waals surface area contributed by atoms with Crippen molar-refractivity contribution in [2.45, 2.75) is 17.6 Å². The smallest absolute Gasteiger partial charge is 0.271 e. The van der Waals surface area contributed by atoms with E-state index in [0.717, 1.165) is 5.56 Å². The first kappa shape index (κ1) is 20.2. The zero-order chi connectivity index (χ0) is 21.0. The molecule has 1 N–H and O–H groups in total. The Morgan fingerprint density at radius 3 is 2.28 bits per heavy atom. The zero-order valence-electron chi connectivity index (χ0n) is 15.5. The quantitative estimate of drug-likeness (QED) is 0.486. The molecule has 0 saturated heterocycles. The van der Waals surface area contributed by atoms with Crippen LogP contribution in [0.3, 0.4) is 0 Å². The Hall–Kier alpha value is -3.52. The molecule has 0 atom stereocenters. The van der Waals surface area contributed by atoms with Gasteiger partial charge in [0.15, 0.2) is 9.84 Å². The van der Waals surface area contributed by atoms with Gasteiger partial charge in [0.05, 0.1) is 15.6 Å². The molecular weight excluding hydrogens is 392 g/mol. The third-order valence-electron chi connectivity index (χ3n) is 4.27. The molecule has 3 aromatic rings. The third-order valence-corrected chi connectivity index (χ3v) is 5.97. The van der Waals surface area contributed by atoms with Gasteiger partial charge in [-0.15, -0.1) is 0 Å². The van der Waals surface area contributed by atoms with E-state index < -0.39 is 20.7 Å². The van der Waals surface area contributed by atoms with Crippen LogP contribution < -0.4 is 5.32 Å². The predicted molar refractivity (Wildman–Crippen MR) is 110 cm³/mol. The van der Waals surface area contributed by atoms with Gasteiger partial charge in [-0.2, -0.15) is 0 Å². The minimum Gasteiger partial charge on any atom is -0.322 e. The maximum atomic E-state index is 12.5. The average Bonchev–Trinajstić information content (AvgIpc) is 2.68. The van der Waals surface area contributed by atoms with Crippen LogP contribution in [0.15, 0.2) is 77.7 Å². The normalized spacial score (nSPS) is 11.1. The van der Waals surface area contributed by atoms with Crippen molar-refractivity contribution < 1.29 is 18.1 Å². The van der Waals surface area contributed by atoms with Crippen LogP contribution in [0.5, 0.6) is 0 Å². The Kier molecular flexibility index (Phi) is 5.74. The van der Waals surface area contributed by atoms with E-state index in [-0.39, 0.29) is 16.3 Å². The molecule has 0 fully saturated rings. The number of aryl methyl sites for hydroxylation is 1. The summed E-state index contributed by atoms with van der Waals surface area (Å²) < 4.78 is 25.1. The number of anilines is 1. The van der Waals surface area contributed by atoms with Gasteiger partial charge >= 0.3 is 0 Å². The van der Waals surface area contributed by atoms with Gasteiger partial charge in [-0.05, 0) is 42.8 Å². The van der Waals surface area contributed by atoms with Crippen LogP contribution in [0.2, 0.25) is 0 Å². The summed E-state index contributed by atoms with van der Waals surface area (Å²) in [6.45, 7) is 1.88. The van der Waals surface area contributed by atoms with Crippen LogP contribution in [0, 0.1) is 17.0 Å². The number of nitrogens with zero attached hydrogens (tertiary/aromatic N) is 1. The van der Waals surface area contributed by atoms with Crippen molar-refractivity contribution in [3.8, 4) is 0 Å². The number of amides is 1. The number of sulfone groups is 1. The minimum atomic E-state index is -3.49. The highest BCUT2D eigenvalue weighted by Gasteiger charge is 2.16. The second-order valence-electron chi connectivity index (χ2n) is 6.53. The number of carbonyl (C=O) groups excluding carboxylic acids is 1. The highest BCUT2D eigenvalue weighted by molar-refractivity contribution is 7.90. The molecule has 8 heteroatoms. The molecule has 0 aliphatic heterocycles. The van der Waals surface area contributed by atoms with E-state index in [0.29, 0.717) is 16.8 Å². The molecular formula is C21H18N2O5S. The van der Waals surface area contributed by atoms with E-state index in [1.165, 1.54) is 30.3 Å². The van der Waals surface area contributed by atoms with Gasteiger partial charge in [-0.3, -0.25) is 14.9 Å². The maximum absolute atomic E-state index is 12.5. The molecule has 0 unspecified atom stereocenters. The molecule has 3 rings (SSSR count). The van der Waals surface area contributed by atoms with Crippen LogP contribution in [0.4, 0.5) is 11.4 Å². The fourth-order valence-electron chi connectivity index (χ4n) is 2.70. The summed E-state index contributed by atoms with van der Waals surface area (Å²) >= 11 is 0. The van der Waals surface area contributed by atoms with Crippen LogP contribution in [0.25, 0.3) is 0 Å². The van der Waals surface area contributed by atoms with Gasteiger partial charge in [0, 0.05) is 23.4 Å². The Morgan fingerprint density at radius 2 is 1.66 bits per heavy atom. The van der Waals surface area contributed by atoms with Gasteiger partial charge < -0.3 is 5.32 Å². The fourth-order valence-corrected chi connectivity index (χ4v) is 4.05. The molecule has 0 heterocycles. The van der Waals surface area contributed by atoms with E-state index in [2.05, 4.69) is 5.32 Å². The van der Waals surface area contributed by atoms with Crippen molar-refractivity contribution in [1.82, 2.24) is 0 Å². The maximum Gasteiger partial charge on any atom is 0.271 e. The van der Waals surface area contributed by atoms with Crippen LogP contribution in [-0.4, -0.2) is 19.2 Å². The van der Waals surface area contributed by atoms with Crippen molar-refractivity contribution in [3.05, 3.63) is 99.6 Å². The third kappa shape index (κ3) is 5.05. The second-order valence-corrected chi connectivity index (χ2v) is 8.52. The van der Waals surface area contributed by atoms with Crippen LogP contribution in [-0.2, 0) is 15.6 Å². The topological polar surface area (TPSA) is 106 Å². The molecule has 0 aliphatic carbocycles. The summed E-state index contributed by atoms with van der Waals surface area (Å²) in [4.78, 5) is 22.9. The lowest BCUT2D eigenvalue weighted by atomic mass is 10.1. The van der Waals surface area contributed by atoms with E-state index in [1.54, 1.807) is 42.5 Å². The van der Waals surface area contributed by atoms with Crippen molar-refractivity contribution in [2.75, 3.05) is 5.32 Å². The van der Waals surface area contributed by atoms with E-state index in [9.17, 15) is 23.3 Å². The number of nitro benzene ring substituents is 1. The standard InChI is InChI=1S/C21H18N2O5S/c1-15-5-11-20(12-6-15)29(27,28)14-16-7-9-17(10-8-16)21(24)22-18-3-2-4-19(13-18)23(25)26/h2-13H,14H2,1H3,(H,22,24). The largest absolute Gasteiger partial charge is 0.322 e. The fraction of sp³-hybridized carbons (Fsp3) is 0.0952. The lowest BCUT2D eigenvalue weighted by Gasteiger charge is -2.08. The van der Waals surface area contributed by atoms with Gasteiger partial charge in [0.25, 0.3) is 11.6 Å². The number of carbonyl (C=O) groups is 1. The minimum absolute atomic E-state index is 0.125. The van der Waals surface area contributed by atoms with E-state index in [4.69, 9.17) is 0 Å². The summed E-state index contributed by atoms with van der Waals surface area (Å²) in [5.74, 6) is -0.624. The molecule has 7 nitrogen and oxygen atoms in total. The first-order chi connectivity index (χ1) is 13.7. The number of benzene rings is 3. The SMILES string of the molecule is Cc1ccc(S(=O)(=O)Cc2ccc(C(=O)Nc3cccc([N+](=O)[O-])c3)cc2)cc1. The van der Waals surface area contributed by atoms with E-state index >= 15 is 0 Å². The molecule has 29 heavy (non-hydrogen) atoms. The molecule has 1 amide bonds. The van der Waals surface area contributed by atoms with Crippen LogP contribution >= 0.6 is 0 Å². The number of nitro groups is 1. The summed E-state index contributed by atoms with van der Waals surface area (Å²) in [6.07, 6.45) is 0. The number of non-ortho nitro benzene ring substituents is 1. The lowest BCUT2D eigenvalue weighted by molar-refractivity contribution is -0.384. The van der Waals surface area contributed by atoms with Crippen molar-refractivity contribution in [2.24, 2.45) is 0 Å². The molecule has 0 bridgehead atoms. The molecule has 0 radical (unpaired) electrons. The molecule has 0 spiro atoms. The number of rotatable bonds is 6. The molecule has 0 aliphatic rings. The zero-order valence-corrected chi connectivity index (χ0v) is 16.3. The van der Waals surface area contributed by atoms with Gasteiger partial charge in [0.2, 0.25) is 0 Å². The molecule has 3 aromatic carbocycles. The van der Waals surface area contributed by atoms with Gasteiger partial charge in [-0.1, -0.05) is 35.9 Å². The summed E-state index contributed by atoms with van der Waals surface area (Å²) in [5.41, 5.74) is 2.02. The first-order valence-electron chi connectivity index (χ1n) is 8.69. The number of nitrogens with one attached hydrogen (secondary N) is 1. The summed E-state index contributed by atoms with van der Waals surface area (Å²) in [6, 6.07) is 18.5. The van der Waals surface area contributed by atoms with Crippen molar-refractivity contribution in [1.29, 1.82) is 0 Å². The van der Waals surface area contributed by atoms with Gasteiger partial charge in [-0.25, -0.2) is 8.42 Å². The predicted octanol–water partition coefficient (Wildman–Crippen LogP) is 4.13. The second kappa shape index (κ2) is 8.24. The van der Waals surface area contributed by atoms with Gasteiger partial charge in [0.1, 0.15) is 0 Å². The lowest BCUT2D eigenvalue weighted by Crippen LogP contribution is -2.12. The average molecular weight is 410 g/mol. The van der Waals surface area contributed by atoms with Crippen molar-refractivity contribution >= 4 is 27.1 Å².